The van der Waals surface area contributed by atoms with Crippen LogP contribution in [-0.2, 0) is 11.0 Å². The quantitative estimate of drug-likeness (QED) is 0.890. The lowest BCUT2D eigenvalue weighted by Gasteiger charge is -2.37. The van der Waals surface area contributed by atoms with Crippen molar-refractivity contribution < 1.29 is 22.8 Å². The number of rotatable bonds is 3. The summed E-state index contributed by atoms with van der Waals surface area (Å²) in [4.78, 5) is 26.6. The van der Waals surface area contributed by atoms with Crippen LogP contribution < -0.4 is 5.32 Å². The van der Waals surface area contributed by atoms with Gasteiger partial charge in [0.1, 0.15) is 6.04 Å². The Morgan fingerprint density at radius 2 is 2.04 bits per heavy atom. The first-order chi connectivity index (χ1) is 12.7. The van der Waals surface area contributed by atoms with Gasteiger partial charge in [0.25, 0.3) is 5.91 Å². The van der Waals surface area contributed by atoms with Crippen LogP contribution in [0.5, 0.6) is 0 Å². The summed E-state index contributed by atoms with van der Waals surface area (Å²) >= 11 is 0. The lowest BCUT2D eigenvalue weighted by atomic mass is 9.98. The summed E-state index contributed by atoms with van der Waals surface area (Å²) in [6, 6.07) is 6.47. The van der Waals surface area contributed by atoms with Crippen LogP contribution in [0, 0.1) is 5.92 Å². The van der Waals surface area contributed by atoms with E-state index in [2.05, 4.69) is 10.4 Å². The van der Waals surface area contributed by atoms with Gasteiger partial charge in [0.15, 0.2) is 5.69 Å². The molecule has 1 N–H and O–H groups in total. The Bertz CT molecular complexity index is 860. The number of piperazine rings is 1. The molecule has 0 radical (unpaired) electrons. The Morgan fingerprint density at radius 1 is 1.30 bits per heavy atom. The lowest BCUT2D eigenvalue weighted by molar-refractivity contribution is -0.141. The van der Waals surface area contributed by atoms with Crippen LogP contribution in [0.4, 0.5) is 13.2 Å². The van der Waals surface area contributed by atoms with E-state index in [0.29, 0.717) is 18.8 Å². The van der Waals surface area contributed by atoms with Gasteiger partial charge in [-0.3, -0.25) is 9.59 Å². The van der Waals surface area contributed by atoms with E-state index in [-0.39, 0.29) is 23.3 Å². The van der Waals surface area contributed by atoms with Crippen LogP contribution in [0.15, 0.2) is 36.5 Å². The molecule has 1 aliphatic heterocycles. The number of halogens is 3. The molecule has 0 aliphatic carbocycles. The van der Waals surface area contributed by atoms with Crippen molar-refractivity contribution >= 4 is 11.8 Å². The van der Waals surface area contributed by atoms with E-state index in [0.717, 1.165) is 10.7 Å². The van der Waals surface area contributed by atoms with Crippen molar-refractivity contribution in [1.29, 1.82) is 0 Å². The predicted octanol–water partition coefficient (Wildman–Crippen LogP) is 2.49. The Balaban J connectivity index is 1.90. The predicted molar refractivity (Wildman–Crippen MR) is 91.2 cm³/mol. The van der Waals surface area contributed by atoms with E-state index < -0.39 is 17.9 Å². The zero-order valence-electron chi connectivity index (χ0n) is 14.8. The topological polar surface area (TPSA) is 67.2 Å². The lowest BCUT2D eigenvalue weighted by Crippen LogP contribution is -2.59. The van der Waals surface area contributed by atoms with Gasteiger partial charge in [0.2, 0.25) is 5.91 Å². The molecule has 1 aliphatic rings. The highest BCUT2D eigenvalue weighted by Crippen LogP contribution is 2.28. The van der Waals surface area contributed by atoms with E-state index in [1.807, 2.05) is 13.8 Å². The first kappa shape index (κ1) is 18.9. The zero-order chi connectivity index (χ0) is 19.8. The number of benzene rings is 1. The fourth-order valence-corrected chi connectivity index (χ4v) is 3.14. The first-order valence-corrected chi connectivity index (χ1v) is 8.50. The Labute approximate surface area is 154 Å². The van der Waals surface area contributed by atoms with E-state index in [1.54, 1.807) is 18.2 Å². The maximum Gasteiger partial charge on any atom is 0.435 e. The number of carbonyl (C=O) groups excluding carboxylic acids is 2. The van der Waals surface area contributed by atoms with Gasteiger partial charge in [-0.15, -0.1) is 0 Å². The van der Waals surface area contributed by atoms with E-state index in [1.165, 1.54) is 17.2 Å². The average molecular weight is 380 g/mol. The molecular weight excluding hydrogens is 361 g/mol. The number of nitrogens with one attached hydrogen (secondary N) is 1. The highest BCUT2D eigenvalue weighted by atomic mass is 19.4. The van der Waals surface area contributed by atoms with Crippen molar-refractivity contribution in [2.45, 2.75) is 26.1 Å². The molecule has 1 aromatic carbocycles. The van der Waals surface area contributed by atoms with Gasteiger partial charge in [-0.1, -0.05) is 19.9 Å². The minimum absolute atomic E-state index is 0.0714. The van der Waals surface area contributed by atoms with E-state index >= 15 is 0 Å². The monoisotopic (exact) mass is 380 g/mol. The number of amides is 2. The maximum absolute atomic E-state index is 12.9. The summed E-state index contributed by atoms with van der Waals surface area (Å²) in [6.45, 7) is 4.45. The van der Waals surface area contributed by atoms with Crippen LogP contribution in [0.2, 0.25) is 0 Å². The van der Waals surface area contributed by atoms with Gasteiger partial charge in [-0.2, -0.15) is 18.3 Å². The second-order valence-corrected chi connectivity index (χ2v) is 6.67. The van der Waals surface area contributed by atoms with Gasteiger partial charge in [-0.25, -0.2) is 4.68 Å². The minimum Gasteiger partial charge on any atom is -0.353 e. The molecule has 0 saturated carbocycles. The van der Waals surface area contributed by atoms with E-state index in [9.17, 15) is 22.8 Å². The van der Waals surface area contributed by atoms with E-state index in [4.69, 9.17) is 0 Å². The molecule has 1 aromatic heterocycles. The second kappa shape index (κ2) is 7.05. The molecule has 144 valence electrons. The van der Waals surface area contributed by atoms with Gasteiger partial charge in [-0.05, 0) is 30.2 Å². The number of alkyl halides is 3. The normalized spacial score (nSPS) is 17.9. The Kier molecular flexibility index (Phi) is 4.95. The summed E-state index contributed by atoms with van der Waals surface area (Å²) in [6.07, 6.45) is -3.35. The SMILES string of the molecule is CC(C)[C@@H]1C(=O)NCCN1C(=O)c1cccc(-n2ccc(C(F)(F)F)n2)c1. The molecule has 2 heterocycles. The number of aromatic nitrogens is 2. The molecule has 2 aromatic rings. The molecule has 1 atom stereocenters. The maximum atomic E-state index is 12.9. The standard InChI is InChI=1S/C18H19F3N4O2/c1-11(2)15-16(26)22-7-9-24(15)17(27)12-4-3-5-13(10-12)25-8-6-14(23-25)18(19,20)21/h3-6,8,10-11,15H,7,9H2,1-2H3,(H,22,26)/t15-/m1/s1. The number of carbonyl (C=O) groups is 2. The number of hydrogen-bond acceptors (Lipinski definition) is 3. The largest absolute Gasteiger partial charge is 0.435 e. The highest BCUT2D eigenvalue weighted by Gasteiger charge is 2.36. The third kappa shape index (κ3) is 3.81. The molecule has 0 unspecified atom stereocenters. The summed E-state index contributed by atoms with van der Waals surface area (Å²) in [5, 5.41) is 6.27. The van der Waals surface area contributed by atoms with Crippen molar-refractivity contribution in [2.75, 3.05) is 13.1 Å². The molecule has 1 saturated heterocycles. The smallest absolute Gasteiger partial charge is 0.353 e. The van der Waals surface area contributed by atoms with Gasteiger partial charge >= 0.3 is 6.18 Å². The number of nitrogens with zero attached hydrogens (tertiary/aromatic N) is 3. The van der Waals surface area contributed by atoms with Gasteiger partial charge in [0.05, 0.1) is 5.69 Å². The molecule has 0 bridgehead atoms. The van der Waals surface area contributed by atoms with Crippen LogP contribution in [0.1, 0.15) is 29.9 Å². The van der Waals surface area contributed by atoms with Gasteiger partial charge < -0.3 is 10.2 Å². The first-order valence-electron chi connectivity index (χ1n) is 8.50. The molecule has 27 heavy (non-hydrogen) atoms. The van der Waals surface area contributed by atoms with Crippen LogP contribution in [0.3, 0.4) is 0 Å². The molecule has 0 spiro atoms. The van der Waals surface area contributed by atoms with Crippen molar-refractivity contribution in [3.8, 4) is 5.69 Å². The third-order valence-corrected chi connectivity index (χ3v) is 4.39. The van der Waals surface area contributed by atoms with Crippen LogP contribution in [-0.4, -0.2) is 45.6 Å². The summed E-state index contributed by atoms with van der Waals surface area (Å²) in [7, 11) is 0. The van der Waals surface area contributed by atoms with Crippen molar-refractivity contribution in [1.82, 2.24) is 20.0 Å². The van der Waals surface area contributed by atoms with Crippen LogP contribution in [0.25, 0.3) is 5.69 Å². The van der Waals surface area contributed by atoms with Crippen molar-refractivity contribution in [3.05, 3.63) is 47.8 Å². The van der Waals surface area contributed by atoms with Crippen LogP contribution >= 0.6 is 0 Å². The summed E-state index contributed by atoms with van der Waals surface area (Å²) < 4.78 is 39.3. The molecule has 2 amide bonds. The summed E-state index contributed by atoms with van der Waals surface area (Å²) in [5.74, 6) is -0.617. The average Bonchev–Trinajstić information content (AvgIpc) is 3.11. The van der Waals surface area contributed by atoms with Crippen molar-refractivity contribution in [3.63, 3.8) is 0 Å². The molecule has 1 fully saturated rings. The zero-order valence-corrected chi connectivity index (χ0v) is 14.8. The third-order valence-electron chi connectivity index (χ3n) is 4.39. The molecular formula is C18H19F3N4O2. The molecule has 9 heteroatoms. The highest BCUT2D eigenvalue weighted by molar-refractivity contribution is 5.98. The number of hydrogen-bond donors (Lipinski definition) is 1. The van der Waals surface area contributed by atoms with Crippen molar-refractivity contribution in [2.24, 2.45) is 5.92 Å². The van der Waals surface area contributed by atoms with Gasteiger partial charge in [0, 0.05) is 24.8 Å². The Morgan fingerprint density at radius 3 is 2.67 bits per heavy atom. The summed E-state index contributed by atoms with van der Waals surface area (Å²) in [5.41, 5.74) is -0.386. The molecule has 6 nitrogen and oxygen atoms in total. The fourth-order valence-electron chi connectivity index (χ4n) is 3.14. The molecule has 3 rings (SSSR count). The second-order valence-electron chi connectivity index (χ2n) is 6.67. The minimum atomic E-state index is -4.54. The Hall–Kier alpha value is -2.84. The fraction of sp³-hybridized carbons (Fsp3) is 0.389.